The Morgan fingerprint density at radius 3 is 2.25 bits per heavy atom. The Labute approximate surface area is 74.0 Å². The lowest BCUT2D eigenvalue weighted by Crippen LogP contribution is -2.12. The number of hydrogen-bond acceptors (Lipinski definition) is 1. The molecule has 1 aromatic rings. The van der Waals surface area contributed by atoms with Gasteiger partial charge in [-0.15, -0.1) is 12.7 Å². The van der Waals surface area contributed by atoms with Gasteiger partial charge in [-0.1, -0.05) is 26.8 Å². The van der Waals surface area contributed by atoms with Crippen LogP contribution in [-0.2, 0) is 5.41 Å². The fourth-order valence-electron chi connectivity index (χ4n) is 0.962. The van der Waals surface area contributed by atoms with Gasteiger partial charge in [0.25, 0.3) is 0 Å². The standard InChI is InChI=1S/C10H15N2/c1-10(2,3)9-6-5-8(11-4)7-12-9/h5-7H,1-4H3/q-1. The molecule has 0 saturated heterocycles. The third-order valence-corrected chi connectivity index (χ3v) is 1.77. The summed E-state index contributed by atoms with van der Waals surface area (Å²) in [5, 5.41) is 4.03. The van der Waals surface area contributed by atoms with Gasteiger partial charge in [0.15, 0.2) is 0 Å². The number of aromatic nitrogens is 1. The zero-order valence-corrected chi connectivity index (χ0v) is 8.13. The Hall–Kier alpha value is -1.05. The number of rotatable bonds is 1. The van der Waals surface area contributed by atoms with Gasteiger partial charge in [-0.05, 0) is 6.07 Å². The van der Waals surface area contributed by atoms with Crippen molar-refractivity contribution in [3.8, 4) is 0 Å². The summed E-state index contributed by atoms with van der Waals surface area (Å²) in [6.45, 7) is 6.45. The molecule has 0 saturated carbocycles. The quantitative estimate of drug-likeness (QED) is 0.625. The average molecular weight is 163 g/mol. The molecular formula is C10H15N2-. The van der Waals surface area contributed by atoms with Gasteiger partial charge in [-0.2, -0.15) is 0 Å². The molecule has 2 heteroatoms. The molecule has 1 aromatic heterocycles. The van der Waals surface area contributed by atoms with Gasteiger partial charge in [-0.3, -0.25) is 4.98 Å². The van der Waals surface area contributed by atoms with Crippen LogP contribution >= 0.6 is 0 Å². The lowest BCUT2D eigenvalue weighted by molar-refractivity contribution is 0.569. The molecule has 1 heterocycles. The molecular weight excluding hydrogens is 148 g/mol. The predicted octanol–water partition coefficient (Wildman–Crippen LogP) is 3.01. The van der Waals surface area contributed by atoms with E-state index in [9.17, 15) is 0 Å². The number of nitrogens with zero attached hydrogens (tertiary/aromatic N) is 2. The van der Waals surface area contributed by atoms with E-state index in [0.717, 1.165) is 11.4 Å². The Kier molecular flexibility index (Phi) is 2.36. The first-order valence-corrected chi connectivity index (χ1v) is 4.10. The van der Waals surface area contributed by atoms with E-state index in [-0.39, 0.29) is 5.41 Å². The summed E-state index contributed by atoms with van der Waals surface area (Å²) in [6, 6.07) is 4.02. The summed E-state index contributed by atoms with van der Waals surface area (Å²) in [6.07, 6.45) is 1.81. The molecule has 0 spiro atoms. The highest BCUT2D eigenvalue weighted by Crippen LogP contribution is 2.22. The van der Waals surface area contributed by atoms with Gasteiger partial charge in [-0.25, -0.2) is 0 Å². The van der Waals surface area contributed by atoms with Crippen molar-refractivity contribution in [3.05, 3.63) is 29.3 Å². The summed E-state index contributed by atoms with van der Waals surface area (Å²) < 4.78 is 0. The van der Waals surface area contributed by atoms with E-state index in [4.69, 9.17) is 0 Å². The van der Waals surface area contributed by atoms with Crippen molar-refractivity contribution >= 4 is 5.69 Å². The molecule has 0 aliphatic rings. The maximum Gasteiger partial charge on any atom is 0.0456 e. The molecule has 1 rings (SSSR count). The highest BCUT2D eigenvalue weighted by atomic mass is 14.8. The Morgan fingerprint density at radius 1 is 1.25 bits per heavy atom. The summed E-state index contributed by atoms with van der Waals surface area (Å²) in [7, 11) is 1.77. The molecule has 0 atom stereocenters. The molecule has 0 amide bonds. The minimum absolute atomic E-state index is 0.131. The summed E-state index contributed by atoms with van der Waals surface area (Å²) in [5.74, 6) is 0. The normalized spacial score (nSPS) is 11.3. The second-order valence-corrected chi connectivity index (χ2v) is 3.88. The minimum Gasteiger partial charge on any atom is -0.686 e. The predicted molar refractivity (Wildman–Crippen MR) is 51.9 cm³/mol. The van der Waals surface area contributed by atoms with E-state index in [1.165, 1.54) is 0 Å². The molecule has 0 aliphatic carbocycles. The molecule has 12 heavy (non-hydrogen) atoms. The lowest BCUT2D eigenvalue weighted by atomic mass is 9.92. The van der Waals surface area contributed by atoms with Crippen LogP contribution in [-0.4, -0.2) is 12.0 Å². The lowest BCUT2D eigenvalue weighted by Gasteiger charge is -2.20. The van der Waals surface area contributed by atoms with Crippen molar-refractivity contribution in [2.24, 2.45) is 0 Å². The molecule has 0 radical (unpaired) electrons. The van der Waals surface area contributed by atoms with E-state index < -0.39 is 0 Å². The van der Waals surface area contributed by atoms with E-state index in [1.807, 2.05) is 12.1 Å². The summed E-state index contributed by atoms with van der Waals surface area (Å²) in [4.78, 5) is 4.33. The number of pyridine rings is 1. The van der Waals surface area contributed by atoms with Crippen molar-refractivity contribution in [1.82, 2.24) is 4.98 Å². The molecule has 0 aliphatic heterocycles. The van der Waals surface area contributed by atoms with Crippen LogP contribution in [0.25, 0.3) is 5.32 Å². The van der Waals surface area contributed by atoms with Gasteiger partial charge >= 0.3 is 0 Å². The molecule has 0 N–H and O–H groups in total. The minimum atomic E-state index is 0.131. The molecule has 66 valence electrons. The van der Waals surface area contributed by atoms with Gasteiger partial charge in [0, 0.05) is 17.3 Å². The highest BCUT2D eigenvalue weighted by Gasteiger charge is 2.13. The molecule has 0 bridgehead atoms. The monoisotopic (exact) mass is 163 g/mol. The van der Waals surface area contributed by atoms with Crippen molar-refractivity contribution in [3.63, 3.8) is 0 Å². The van der Waals surface area contributed by atoms with Crippen LogP contribution in [0.5, 0.6) is 0 Å². The van der Waals surface area contributed by atoms with Crippen molar-refractivity contribution < 1.29 is 0 Å². The number of hydrogen-bond donors (Lipinski definition) is 0. The summed E-state index contributed by atoms with van der Waals surface area (Å²) in [5.41, 5.74) is 2.17. The SMILES string of the molecule is C[N-]c1ccc(C(C)(C)C)nc1. The van der Waals surface area contributed by atoms with Crippen molar-refractivity contribution in [2.75, 3.05) is 7.05 Å². The van der Waals surface area contributed by atoms with Gasteiger partial charge in [0.05, 0.1) is 0 Å². The van der Waals surface area contributed by atoms with E-state index in [2.05, 4.69) is 31.1 Å². The van der Waals surface area contributed by atoms with E-state index >= 15 is 0 Å². The maximum atomic E-state index is 4.33. The first kappa shape index (κ1) is 9.04. The molecule has 0 aromatic carbocycles. The Balaban J connectivity index is 2.93. The van der Waals surface area contributed by atoms with Crippen LogP contribution in [0.3, 0.4) is 0 Å². The molecule has 2 nitrogen and oxygen atoms in total. The Bertz CT molecular complexity index is 244. The first-order valence-electron chi connectivity index (χ1n) is 4.10. The smallest absolute Gasteiger partial charge is 0.0456 e. The maximum absolute atomic E-state index is 4.33. The van der Waals surface area contributed by atoms with Crippen molar-refractivity contribution in [1.29, 1.82) is 0 Å². The topological polar surface area (TPSA) is 27.0 Å². The van der Waals surface area contributed by atoms with Gasteiger partial charge < -0.3 is 5.32 Å². The second-order valence-electron chi connectivity index (χ2n) is 3.88. The highest BCUT2D eigenvalue weighted by molar-refractivity contribution is 5.45. The summed E-state index contributed by atoms with van der Waals surface area (Å²) >= 11 is 0. The fraction of sp³-hybridized carbons (Fsp3) is 0.500. The molecule has 0 fully saturated rings. The third-order valence-electron chi connectivity index (χ3n) is 1.77. The third kappa shape index (κ3) is 1.97. The van der Waals surface area contributed by atoms with Crippen LogP contribution in [0.15, 0.2) is 18.3 Å². The largest absolute Gasteiger partial charge is 0.686 e. The molecule has 0 unspecified atom stereocenters. The van der Waals surface area contributed by atoms with Crippen LogP contribution < -0.4 is 0 Å². The van der Waals surface area contributed by atoms with Crippen molar-refractivity contribution in [2.45, 2.75) is 26.2 Å². The van der Waals surface area contributed by atoms with Crippen LogP contribution in [0.1, 0.15) is 26.5 Å². The Morgan fingerprint density at radius 2 is 1.92 bits per heavy atom. The van der Waals surface area contributed by atoms with Gasteiger partial charge in [0.2, 0.25) is 0 Å². The zero-order chi connectivity index (χ0) is 9.19. The zero-order valence-electron chi connectivity index (χ0n) is 8.13. The second kappa shape index (κ2) is 3.13. The fourth-order valence-corrected chi connectivity index (χ4v) is 0.962. The first-order chi connectivity index (χ1) is 5.54. The average Bonchev–Trinajstić information content (AvgIpc) is 2.03. The van der Waals surface area contributed by atoms with E-state index in [0.29, 0.717) is 0 Å². The van der Waals surface area contributed by atoms with Crippen LogP contribution in [0, 0.1) is 0 Å². The van der Waals surface area contributed by atoms with E-state index in [1.54, 1.807) is 13.2 Å². The van der Waals surface area contributed by atoms with Crippen LogP contribution in [0.2, 0.25) is 0 Å². The van der Waals surface area contributed by atoms with Crippen LogP contribution in [0.4, 0.5) is 5.69 Å². The van der Waals surface area contributed by atoms with Gasteiger partial charge in [0.1, 0.15) is 0 Å².